The van der Waals surface area contributed by atoms with Crippen LogP contribution in [-0.4, -0.2) is 18.9 Å². The number of hydrogen-bond donors (Lipinski definition) is 2. The fraction of sp³-hybridized carbons (Fsp3) is 0.462. The Bertz CT molecular complexity index is 415. The van der Waals surface area contributed by atoms with Crippen LogP contribution >= 0.6 is 15.9 Å². The van der Waals surface area contributed by atoms with E-state index < -0.39 is 0 Å². The third-order valence-corrected chi connectivity index (χ3v) is 3.70. The fourth-order valence-electron chi connectivity index (χ4n) is 1.69. The molecule has 17 heavy (non-hydrogen) atoms. The fourth-order valence-corrected chi connectivity index (χ4v) is 2.04. The highest BCUT2D eigenvalue weighted by Crippen LogP contribution is 2.27. The second kappa shape index (κ2) is 5.54. The van der Waals surface area contributed by atoms with E-state index in [2.05, 4.69) is 41.6 Å². The molecule has 0 aliphatic rings. The molecule has 0 saturated heterocycles. The number of amidine groups is 1. The van der Waals surface area contributed by atoms with Crippen molar-refractivity contribution >= 4 is 27.5 Å². The second-order valence-electron chi connectivity index (χ2n) is 4.67. The minimum Gasteiger partial charge on any atom is -0.384 e. The Morgan fingerprint density at radius 1 is 1.35 bits per heavy atom. The van der Waals surface area contributed by atoms with E-state index in [1.54, 1.807) is 0 Å². The van der Waals surface area contributed by atoms with Gasteiger partial charge in [0.25, 0.3) is 0 Å². The number of rotatable bonds is 4. The number of nitrogen functional groups attached to an aromatic ring is 1. The van der Waals surface area contributed by atoms with Gasteiger partial charge >= 0.3 is 0 Å². The highest BCUT2D eigenvalue weighted by Gasteiger charge is 2.17. The van der Waals surface area contributed by atoms with Gasteiger partial charge in [-0.25, -0.2) is 0 Å². The standard InChI is InChI=1S/C13H20BrN3/c1-8(2)9(3)17(4)12-7-10(14)5-6-11(12)13(15)16/h5-9H,1-4H3,(H3,15,16). The van der Waals surface area contributed by atoms with Gasteiger partial charge in [-0.05, 0) is 31.0 Å². The Hall–Kier alpha value is -1.03. The Morgan fingerprint density at radius 2 is 1.94 bits per heavy atom. The number of nitrogens with one attached hydrogen (secondary N) is 1. The minimum atomic E-state index is 0.107. The van der Waals surface area contributed by atoms with Crippen LogP contribution in [0.15, 0.2) is 22.7 Å². The molecular formula is C13H20BrN3. The lowest BCUT2D eigenvalue weighted by atomic mass is 10.0. The molecule has 3 nitrogen and oxygen atoms in total. The summed E-state index contributed by atoms with van der Waals surface area (Å²) >= 11 is 3.46. The lowest BCUT2D eigenvalue weighted by Gasteiger charge is -2.31. The van der Waals surface area contributed by atoms with E-state index in [1.807, 2.05) is 25.2 Å². The predicted molar refractivity (Wildman–Crippen MR) is 77.9 cm³/mol. The molecule has 0 spiro atoms. The molecule has 1 aromatic carbocycles. The zero-order valence-corrected chi connectivity index (χ0v) is 12.4. The first-order chi connectivity index (χ1) is 7.84. The molecule has 94 valence electrons. The van der Waals surface area contributed by atoms with Gasteiger partial charge in [-0.2, -0.15) is 0 Å². The topological polar surface area (TPSA) is 53.1 Å². The van der Waals surface area contributed by atoms with Crippen molar-refractivity contribution in [1.82, 2.24) is 0 Å². The van der Waals surface area contributed by atoms with Gasteiger partial charge in [-0.1, -0.05) is 29.8 Å². The van der Waals surface area contributed by atoms with E-state index in [1.165, 1.54) is 0 Å². The van der Waals surface area contributed by atoms with Gasteiger partial charge in [-0.3, -0.25) is 5.41 Å². The molecule has 4 heteroatoms. The Morgan fingerprint density at radius 3 is 2.41 bits per heavy atom. The molecule has 0 amide bonds. The van der Waals surface area contributed by atoms with Crippen LogP contribution in [-0.2, 0) is 0 Å². The number of nitrogens with zero attached hydrogens (tertiary/aromatic N) is 1. The summed E-state index contributed by atoms with van der Waals surface area (Å²) in [5.41, 5.74) is 7.39. The lowest BCUT2D eigenvalue weighted by Crippen LogP contribution is -2.34. The van der Waals surface area contributed by atoms with Crippen LogP contribution in [0, 0.1) is 11.3 Å². The Balaban J connectivity index is 3.19. The summed E-state index contributed by atoms with van der Waals surface area (Å²) < 4.78 is 1.00. The molecule has 0 bridgehead atoms. The Kier molecular flexibility index (Phi) is 4.57. The molecular weight excluding hydrogens is 278 g/mol. The van der Waals surface area contributed by atoms with Crippen LogP contribution in [0.25, 0.3) is 0 Å². The van der Waals surface area contributed by atoms with E-state index in [0.717, 1.165) is 15.7 Å². The van der Waals surface area contributed by atoms with Crippen LogP contribution in [0.5, 0.6) is 0 Å². The van der Waals surface area contributed by atoms with E-state index >= 15 is 0 Å². The molecule has 0 radical (unpaired) electrons. The minimum absolute atomic E-state index is 0.107. The smallest absolute Gasteiger partial charge is 0.124 e. The van der Waals surface area contributed by atoms with E-state index in [-0.39, 0.29) is 5.84 Å². The van der Waals surface area contributed by atoms with Crippen LogP contribution in [0.2, 0.25) is 0 Å². The van der Waals surface area contributed by atoms with Crippen molar-refractivity contribution in [3.05, 3.63) is 28.2 Å². The number of anilines is 1. The molecule has 0 saturated carbocycles. The maximum Gasteiger partial charge on any atom is 0.124 e. The highest BCUT2D eigenvalue weighted by molar-refractivity contribution is 9.10. The number of hydrogen-bond acceptors (Lipinski definition) is 2. The summed E-state index contributed by atoms with van der Waals surface area (Å²) in [7, 11) is 2.04. The van der Waals surface area contributed by atoms with Gasteiger partial charge in [0.05, 0.1) is 0 Å². The van der Waals surface area contributed by atoms with Crippen LogP contribution in [0.3, 0.4) is 0 Å². The highest BCUT2D eigenvalue weighted by atomic mass is 79.9. The molecule has 1 rings (SSSR count). The van der Waals surface area contributed by atoms with Crippen LogP contribution in [0.1, 0.15) is 26.3 Å². The second-order valence-corrected chi connectivity index (χ2v) is 5.59. The van der Waals surface area contributed by atoms with Gasteiger partial charge in [0, 0.05) is 28.8 Å². The molecule has 1 atom stereocenters. The van der Waals surface area contributed by atoms with Crippen LogP contribution < -0.4 is 10.6 Å². The molecule has 0 heterocycles. The average Bonchev–Trinajstić information content (AvgIpc) is 2.26. The molecule has 3 N–H and O–H groups in total. The molecule has 1 aromatic rings. The zero-order chi connectivity index (χ0) is 13.2. The summed E-state index contributed by atoms with van der Waals surface area (Å²) in [5.74, 6) is 0.647. The number of halogens is 1. The molecule has 0 aliphatic heterocycles. The van der Waals surface area contributed by atoms with Crippen molar-refractivity contribution in [1.29, 1.82) is 5.41 Å². The van der Waals surface area contributed by atoms with Crippen molar-refractivity contribution < 1.29 is 0 Å². The first-order valence-corrected chi connectivity index (χ1v) is 6.50. The predicted octanol–water partition coefficient (Wildman–Crippen LogP) is 3.21. The molecule has 1 unspecified atom stereocenters. The molecule has 0 aromatic heterocycles. The van der Waals surface area contributed by atoms with Crippen molar-refractivity contribution in [3.8, 4) is 0 Å². The average molecular weight is 298 g/mol. The summed E-state index contributed by atoms with van der Waals surface area (Å²) in [6.45, 7) is 6.55. The normalized spacial score (nSPS) is 12.6. The van der Waals surface area contributed by atoms with Crippen molar-refractivity contribution in [2.24, 2.45) is 11.7 Å². The third kappa shape index (κ3) is 3.22. The number of nitrogens with two attached hydrogens (primary N) is 1. The monoisotopic (exact) mass is 297 g/mol. The van der Waals surface area contributed by atoms with E-state index in [9.17, 15) is 0 Å². The van der Waals surface area contributed by atoms with Gasteiger partial charge < -0.3 is 10.6 Å². The summed E-state index contributed by atoms with van der Waals surface area (Å²) in [6, 6.07) is 6.19. The van der Waals surface area contributed by atoms with Crippen molar-refractivity contribution in [2.45, 2.75) is 26.8 Å². The first-order valence-electron chi connectivity index (χ1n) is 5.71. The quantitative estimate of drug-likeness (QED) is 0.662. The van der Waals surface area contributed by atoms with Gasteiger partial charge in [-0.15, -0.1) is 0 Å². The molecule has 0 aliphatic carbocycles. The number of benzene rings is 1. The van der Waals surface area contributed by atoms with Gasteiger partial charge in [0.2, 0.25) is 0 Å². The Labute approximate surface area is 112 Å². The lowest BCUT2D eigenvalue weighted by molar-refractivity contribution is 0.505. The van der Waals surface area contributed by atoms with E-state index in [0.29, 0.717) is 12.0 Å². The summed E-state index contributed by atoms with van der Waals surface area (Å²) in [6.07, 6.45) is 0. The van der Waals surface area contributed by atoms with Crippen molar-refractivity contribution in [2.75, 3.05) is 11.9 Å². The van der Waals surface area contributed by atoms with Gasteiger partial charge in [0.15, 0.2) is 0 Å². The summed E-state index contributed by atoms with van der Waals surface area (Å²) in [5, 5.41) is 7.62. The SMILES string of the molecule is CC(C)C(C)N(C)c1cc(Br)ccc1C(=N)N. The van der Waals surface area contributed by atoms with Crippen LogP contribution in [0.4, 0.5) is 5.69 Å². The maximum absolute atomic E-state index is 7.62. The van der Waals surface area contributed by atoms with Crippen molar-refractivity contribution in [3.63, 3.8) is 0 Å². The molecule has 0 fully saturated rings. The zero-order valence-electron chi connectivity index (χ0n) is 10.8. The summed E-state index contributed by atoms with van der Waals surface area (Å²) in [4.78, 5) is 2.17. The third-order valence-electron chi connectivity index (χ3n) is 3.21. The maximum atomic E-state index is 7.62. The largest absolute Gasteiger partial charge is 0.384 e. The van der Waals surface area contributed by atoms with E-state index in [4.69, 9.17) is 11.1 Å². The van der Waals surface area contributed by atoms with Gasteiger partial charge in [0.1, 0.15) is 5.84 Å². The first kappa shape index (κ1) is 14.0.